The fourth-order valence-corrected chi connectivity index (χ4v) is 5.45. The maximum atomic E-state index is 13.0. The summed E-state index contributed by atoms with van der Waals surface area (Å²) in [6, 6.07) is 19.6. The fourth-order valence-electron chi connectivity index (χ4n) is 4.03. The number of nitrogens with one attached hydrogen (secondary N) is 1. The Morgan fingerprint density at radius 1 is 0.892 bits per heavy atom. The van der Waals surface area contributed by atoms with E-state index in [4.69, 9.17) is 5.26 Å². The molecule has 0 amide bonds. The quantitative estimate of drug-likeness (QED) is 0.421. The van der Waals surface area contributed by atoms with Crippen LogP contribution < -0.4 is 5.32 Å². The molecular weight excluding hydrogens is 484 g/mol. The van der Waals surface area contributed by atoms with Gasteiger partial charge in [-0.2, -0.15) is 9.57 Å². The van der Waals surface area contributed by atoms with Crippen molar-refractivity contribution in [3.05, 3.63) is 89.9 Å². The van der Waals surface area contributed by atoms with E-state index in [1.165, 1.54) is 4.31 Å². The minimum atomic E-state index is -3.52. The van der Waals surface area contributed by atoms with E-state index in [0.29, 0.717) is 30.2 Å². The molecule has 3 heterocycles. The van der Waals surface area contributed by atoms with Crippen molar-refractivity contribution in [2.45, 2.75) is 4.90 Å². The summed E-state index contributed by atoms with van der Waals surface area (Å²) in [7, 11) is -1.53. The molecule has 8 nitrogen and oxygen atoms in total. The molecule has 0 unspecified atom stereocenters. The summed E-state index contributed by atoms with van der Waals surface area (Å²) in [6.45, 7) is 2.43. The normalized spacial score (nSPS) is 14.5. The third-order valence-corrected chi connectivity index (χ3v) is 8.13. The number of aromatic nitrogens is 2. The molecule has 4 aromatic rings. The number of anilines is 2. The van der Waals surface area contributed by atoms with E-state index in [2.05, 4.69) is 38.1 Å². The van der Waals surface area contributed by atoms with Crippen LogP contribution in [-0.4, -0.2) is 60.8 Å². The summed E-state index contributed by atoms with van der Waals surface area (Å²) >= 11 is 0. The lowest BCUT2D eigenvalue weighted by atomic mass is 10.1. The van der Waals surface area contributed by atoms with E-state index in [1.54, 1.807) is 60.9 Å². The molecule has 1 N–H and O–H groups in total. The number of piperazine rings is 1. The van der Waals surface area contributed by atoms with Gasteiger partial charge in [-0.25, -0.2) is 18.4 Å². The van der Waals surface area contributed by atoms with Gasteiger partial charge in [0.15, 0.2) is 0 Å². The number of hydrogen-bond donors (Lipinski definition) is 1. The van der Waals surface area contributed by atoms with Gasteiger partial charge in [-0.1, -0.05) is 5.92 Å². The molecule has 0 saturated carbocycles. The molecule has 2 aromatic heterocycles. The van der Waals surface area contributed by atoms with Gasteiger partial charge in [0.05, 0.1) is 16.5 Å². The average Bonchev–Trinajstić information content (AvgIpc) is 2.93. The summed E-state index contributed by atoms with van der Waals surface area (Å²) < 4.78 is 27.5. The van der Waals surface area contributed by atoms with Crippen LogP contribution in [0, 0.1) is 23.2 Å². The number of nitrogens with zero attached hydrogens (tertiary/aromatic N) is 5. The summed E-state index contributed by atoms with van der Waals surface area (Å²) in [4.78, 5) is 11.3. The lowest BCUT2D eigenvalue weighted by molar-refractivity contribution is 0.222. The topological polar surface area (TPSA) is 102 Å². The molecule has 0 atom stereocenters. The molecule has 37 heavy (non-hydrogen) atoms. The minimum Gasteiger partial charge on any atom is -0.340 e. The number of fused-ring (bicyclic) bond motifs is 1. The second kappa shape index (κ2) is 10.4. The molecule has 0 radical (unpaired) electrons. The first-order valence-corrected chi connectivity index (χ1v) is 13.2. The maximum Gasteiger partial charge on any atom is 0.243 e. The monoisotopic (exact) mass is 508 g/mol. The average molecular weight is 509 g/mol. The molecule has 5 rings (SSSR count). The van der Waals surface area contributed by atoms with E-state index in [-0.39, 0.29) is 4.90 Å². The molecule has 1 aliphatic rings. The van der Waals surface area contributed by atoms with Crippen molar-refractivity contribution in [3.8, 4) is 17.9 Å². The van der Waals surface area contributed by atoms with Crippen LogP contribution in [0.15, 0.2) is 78.0 Å². The van der Waals surface area contributed by atoms with Gasteiger partial charge in [0.1, 0.15) is 11.5 Å². The number of pyridine rings is 2. The van der Waals surface area contributed by atoms with E-state index < -0.39 is 10.0 Å². The van der Waals surface area contributed by atoms with Gasteiger partial charge in [0, 0.05) is 60.6 Å². The molecular formula is C28H24N6O2S. The van der Waals surface area contributed by atoms with Gasteiger partial charge in [-0.05, 0) is 73.6 Å². The lowest BCUT2D eigenvalue weighted by Gasteiger charge is -2.31. The van der Waals surface area contributed by atoms with E-state index in [1.807, 2.05) is 19.2 Å². The number of hydrogen-bond acceptors (Lipinski definition) is 7. The van der Waals surface area contributed by atoms with Crippen LogP contribution >= 0.6 is 0 Å². The third-order valence-electron chi connectivity index (χ3n) is 6.21. The standard InChI is InChI=1S/C28H24N6O2S/c1-33-14-16-34(17-15-33)37(35,36)25-9-7-24(8-10-25)32-28-18-26-23(20-31-28)12-13-30-27(26)11-6-21-2-4-22(19-29)5-3-21/h2-5,7-10,12-13,18,20H,14-17H2,1H3,(H,31,32). The van der Waals surface area contributed by atoms with Crippen molar-refractivity contribution in [2.75, 3.05) is 38.5 Å². The number of sulfonamides is 1. The van der Waals surface area contributed by atoms with Gasteiger partial charge in [0.2, 0.25) is 10.0 Å². The molecule has 0 aliphatic carbocycles. The summed E-state index contributed by atoms with van der Waals surface area (Å²) in [6.07, 6.45) is 3.44. The highest BCUT2D eigenvalue weighted by Gasteiger charge is 2.27. The number of nitriles is 1. The Labute approximate surface area is 216 Å². The van der Waals surface area contributed by atoms with Crippen LogP contribution in [0.25, 0.3) is 10.8 Å². The number of benzene rings is 2. The third kappa shape index (κ3) is 5.45. The van der Waals surface area contributed by atoms with Gasteiger partial charge in [-0.3, -0.25) is 0 Å². The fraction of sp³-hybridized carbons (Fsp3) is 0.179. The zero-order valence-electron chi connectivity index (χ0n) is 20.2. The first-order chi connectivity index (χ1) is 17.9. The minimum absolute atomic E-state index is 0.277. The summed E-state index contributed by atoms with van der Waals surface area (Å²) in [5.74, 6) is 6.81. The molecule has 0 spiro atoms. The zero-order chi connectivity index (χ0) is 25.8. The Hall–Kier alpha value is -4.28. The Kier molecular flexibility index (Phi) is 6.85. The summed E-state index contributed by atoms with van der Waals surface area (Å²) in [5, 5.41) is 13.9. The van der Waals surface area contributed by atoms with E-state index >= 15 is 0 Å². The molecule has 9 heteroatoms. The second-order valence-electron chi connectivity index (χ2n) is 8.75. The SMILES string of the molecule is CN1CCN(S(=O)(=O)c2ccc(Nc3cc4c(C#Cc5ccc(C#N)cc5)nccc4cn3)cc2)CC1. The predicted octanol–water partition coefficient (Wildman–Crippen LogP) is 3.58. The highest BCUT2D eigenvalue weighted by molar-refractivity contribution is 7.89. The van der Waals surface area contributed by atoms with Gasteiger partial charge < -0.3 is 10.2 Å². The Bertz CT molecular complexity index is 1640. The van der Waals surface area contributed by atoms with Crippen LogP contribution in [0.3, 0.4) is 0 Å². The van der Waals surface area contributed by atoms with Crippen molar-refractivity contribution in [2.24, 2.45) is 0 Å². The van der Waals surface area contributed by atoms with Gasteiger partial charge in [0.25, 0.3) is 0 Å². The molecule has 2 aromatic carbocycles. The van der Waals surface area contributed by atoms with Crippen LogP contribution in [0.5, 0.6) is 0 Å². The molecule has 1 fully saturated rings. The Balaban J connectivity index is 1.36. The Morgan fingerprint density at radius 3 is 2.30 bits per heavy atom. The van der Waals surface area contributed by atoms with Crippen molar-refractivity contribution >= 4 is 32.3 Å². The largest absolute Gasteiger partial charge is 0.340 e. The smallest absolute Gasteiger partial charge is 0.243 e. The van der Waals surface area contributed by atoms with Gasteiger partial charge in [-0.15, -0.1) is 0 Å². The summed E-state index contributed by atoms with van der Waals surface area (Å²) in [5.41, 5.74) is 2.71. The zero-order valence-corrected chi connectivity index (χ0v) is 21.0. The molecule has 184 valence electrons. The Morgan fingerprint density at radius 2 is 1.59 bits per heavy atom. The molecule has 1 aliphatic heterocycles. The van der Waals surface area contributed by atoms with Crippen molar-refractivity contribution in [1.82, 2.24) is 19.2 Å². The first kappa shape index (κ1) is 24.4. The van der Waals surface area contributed by atoms with Crippen molar-refractivity contribution in [3.63, 3.8) is 0 Å². The highest BCUT2D eigenvalue weighted by Crippen LogP contribution is 2.24. The lowest BCUT2D eigenvalue weighted by Crippen LogP contribution is -2.46. The van der Waals surface area contributed by atoms with E-state index in [0.717, 1.165) is 35.1 Å². The maximum absolute atomic E-state index is 13.0. The van der Waals surface area contributed by atoms with Crippen LogP contribution in [0.2, 0.25) is 0 Å². The second-order valence-corrected chi connectivity index (χ2v) is 10.7. The van der Waals surface area contributed by atoms with Gasteiger partial charge >= 0.3 is 0 Å². The van der Waals surface area contributed by atoms with Crippen LogP contribution in [-0.2, 0) is 10.0 Å². The first-order valence-electron chi connectivity index (χ1n) is 11.8. The molecule has 0 bridgehead atoms. The predicted molar refractivity (Wildman–Crippen MR) is 143 cm³/mol. The number of likely N-dealkylation sites (N-methyl/N-ethyl adjacent to an activating group) is 1. The van der Waals surface area contributed by atoms with Crippen molar-refractivity contribution < 1.29 is 8.42 Å². The number of rotatable bonds is 4. The molecule has 1 saturated heterocycles. The van der Waals surface area contributed by atoms with Crippen molar-refractivity contribution in [1.29, 1.82) is 5.26 Å². The van der Waals surface area contributed by atoms with Crippen LogP contribution in [0.1, 0.15) is 16.8 Å². The van der Waals surface area contributed by atoms with E-state index in [9.17, 15) is 8.42 Å². The van der Waals surface area contributed by atoms with Crippen LogP contribution in [0.4, 0.5) is 11.5 Å². The highest BCUT2D eigenvalue weighted by atomic mass is 32.2.